The Balaban J connectivity index is 1.76. The first kappa shape index (κ1) is 13.4. The topological polar surface area (TPSA) is 12.0 Å². The lowest BCUT2D eigenvalue weighted by molar-refractivity contribution is 0.420. The first-order valence-electron chi connectivity index (χ1n) is 7.25. The Morgan fingerprint density at radius 2 is 1.94 bits per heavy atom. The van der Waals surface area contributed by atoms with Crippen LogP contribution in [0.4, 0.5) is 0 Å². The van der Waals surface area contributed by atoms with Crippen molar-refractivity contribution in [3.05, 3.63) is 41.5 Å². The number of hydrogen-bond donors (Lipinski definition) is 1. The van der Waals surface area contributed by atoms with Crippen LogP contribution >= 0.6 is 0 Å². The molecule has 18 heavy (non-hydrogen) atoms. The minimum absolute atomic E-state index is 0.583. The van der Waals surface area contributed by atoms with E-state index < -0.39 is 0 Å². The van der Waals surface area contributed by atoms with Crippen molar-refractivity contribution in [3.63, 3.8) is 0 Å². The van der Waals surface area contributed by atoms with Crippen molar-refractivity contribution in [1.82, 2.24) is 5.32 Å². The van der Waals surface area contributed by atoms with E-state index >= 15 is 0 Å². The molecule has 1 fully saturated rings. The van der Waals surface area contributed by atoms with Crippen molar-refractivity contribution in [2.45, 2.75) is 51.5 Å². The van der Waals surface area contributed by atoms with Crippen molar-refractivity contribution in [2.75, 3.05) is 6.54 Å². The predicted octanol–water partition coefficient (Wildman–Crippen LogP) is 4.36. The van der Waals surface area contributed by atoms with Gasteiger partial charge in [0, 0.05) is 6.04 Å². The second-order valence-corrected chi connectivity index (χ2v) is 5.59. The molecule has 0 amide bonds. The molecule has 98 valence electrons. The quantitative estimate of drug-likeness (QED) is 0.732. The predicted molar refractivity (Wildman–Crippen MR) is 79.8 cm³/mol. The van der Waals surface area contributed by atoms with Crippen LogP contribution in [0.5, 0.6) is 0 Å². The Hall–Kier alpha value is -1.08. The van der Waals surface area contributed by atoms with Crippen LogP contribution in [0.1, 0.15) is 56.6 Å². The molecule has 0 heterocycles. The third kappa shape index (κ3) is 3.99. The molecule has 0 unspecified atom stereocenters. The van der Waals surface area contributed by atoms with Gasteiger partial charge in [0.1, 0.15) is 0 Å². The number of benzene rings is 1. The van der Waals surface area contributed by atoms with Crippen LogP contribution in [0.3, 0.4) is 0 Å². The summed E-state index contributed by atoms with van der Waals surface area (Å²) < 4.78 is 0. The van der Waals surface area contributed by atoms with Crippen LogP contribution in [0.25, 0.3) is 6.08 Å². The van der Waals surface area contributed by atoms with E-state index in [1.54, 1.807) is 0 Å². The highest BCUT2D eigenvalue weighted by atomic mass is 14.9. The Labute approximate surface area is 111 Å². The Morgan fingerprint density at radius 3 is 2.50 bits per heavy atom. The van der Waals surface area contributed by atoms with E-state index in [0.29, 0.717) is 6.04 Å². The average Bonchev–Trinajstić information content (AvgIpc) is 2.28. The lowest BCUT2D eigenvalue weighted by Crippen LogP contribution is -2.23. The molecule has 1 heteroatoms. The van der Waals surface area contributed by atoms with Gasteiger partial charge in [-0.3, -0.25) is 0 Å². The van der Waals surface area contributed by atoms with Crippen LogP contribution in [-0.2, 0) is 0 Å². The van der Waals surface area contributed by atoms with Crippen molar-refractivity contribution >= 4 is 6.08 Å². The highest BCUT2D eigenvalue weighted by Crippen LogP contribution is 2.36. The minimum Gasteiger partial charge on any atom is -0.314 e. The highest BCUT2D eigenvalue weighted by molar-refractivity contribution is 5.50. The molecular formula is C17H25N. The summed E-state index contributed by atoms with van der Waals surface area (Å²) in [4.78, 5) is 0. The van der Waals surface area contributed by atoms with Gasteiger partial charge in [-0.15, -0.1) is 0 Å². The van der Waals surface area contributed by atoms with Crippen LogP contribution < -0.4 is 5.32 Å². The van der Waals surface area contributed by atoms with Crippen molar-refractivity contribution < 1.29 is 0 Å². The van der Waals surface area contributed by atoms with Gasteiger partial charge in [-0.1, -0.05) is 56.7 Å². The van der Waals surface area contributed by atoms with Gasteiger partial charge >= 0.3 is 0 Å². The maximum Gasteiger partial charge on any atom is 0.00105 e. The van der Waals surface area contributed by atoms with Crippen LogP contribution in [0.15, 0.2) is 30.3 Å². The van der Waals surface area contributed by atoms with Crippen molar-refractivity contribution in [3.8, 4) is 0 Å². The zero-order chi connectivity index (χ0) is 12.8. The van der Waals surface area contributed by atoms with E-state index in [-0.39, 0.29) is 0 Å². The minimum atomic E-state index is 0.583. The molecule has 1 aliphatic carbocycles. The SMILES string of the molecule is CC(C)NCC/C=C/c1ccc(C2CCC2)cc1. The second-order valence-electron chi connectivity index (χ2n) is 5.59. The number of nitrogens with one attached hydrogen (secondary N) is 1. The average molecular weight is 243 g/mol. The highest BCUT2D eigenvalue weighted by Gasteiger charge is 2.18. The molecule has 1 aromatic carbocycles. The van der Waals surface area contributed by atoms with Gasteiger partial charge in [0.2, 0.25) is 0 Å². The Bertz CT molecular complexity index is 371. The number of rotatable bonds is 6. The fourth-order valence-electron chi connectivity index (χ4n) is 2.30. The van der Waals surface area contributed by atoms with E-state index in [4.69, 9.17) is 0 Å². The van der Waals surface area contributed by atoms with E-state index in [2.05, 4.69) is 55.6 Å². The standard InChI is InChI=1S/C17H25N/c1-14(2)18-13-4-3-6-15-9-11-17(12-10-15)16-7-5-8-16/h3,6,9-12,14,16,18H,4-5,7-8,13H2,1-2H3/b6-3+. The summed E-state index contributed by atoms with van der Waals surface area (Å²) in [5, 5.41) is 3.42. The fourth-order valence-corrected chi connectivity index (χ4v) is 2.30. The van der Waals surface area contributed by atoms with Gasteiger partial charge in [0.25, 0.3) is 0 Å². The molecule has 0 aromatic heterocycles. The number of hydrogen-bond acceptors (Lipinski definition) is 1. The van der Waals surface area contributed by atoms with Crippen LogP contribution in [-0.4, -0.2) is 12.6 Å². The van der Waals surface area contributed by atoms with E-state index in [0.717, 1.165) is 18.9 Å². The summed E-state index contributed by atoms with van der Waals surface area (Å²) >= 11 is 0. The molecule has 1 aliphatic rings. The van der Waals surface area contributed by atoms with Gasteiger partial charge < -0.3 is 5.32 Å². The molecular weight excluding hydrogens is 218 g/mol. The lowest BCUT2D eigenvalue weighted by atomic mass is 9.80. The molecule has 0 atom stereocenters. The van der Waals surface area contributed by atoms with Crippen molar-refractivity contribution in [1.29, 1.82) is 0 Å². The maximum absolute atomic E-state index is 3.42. The zero-order valence-electron chi connectivity index (χ0n) is 11.7. The van der Waals surface area contributed by atoms with Crippen molar-refractivity contribution in [2.24, 2.45) is 0 Å². The smallest absolute Gasteiger partial charge is 0.00105 e. The molecule has 1 nitrogen and oxygen atoms in total. The van der Waals surface area contributed by atoms with Crippen LogP contribution in [0, 0.1) is 0 Å². The third-order valence-corrected chi connectivity index (χ3v) is 3.69. The summed E-state index contributed by atoms with van der Waals surface area (Å²) in [6, 6.07) is 9.69. The molecule has 0 spiro atoms. The third-order valence-electron chi connectivity index (χ3n) is 3.69. The molecule has 0 aliphatic heterocycles. The van der Waals surface area contributed by atoms with E-state index in [1.807, 2.05) is 0 Å². The van der Waals surface area contributed by atoms with Gasteiger partial charge in [-0.2, -0.15) is 0 Å². The summed E-state index contributed by atoms with van der Waals surface area (Å²) in [5.74, 6) is 0.846. The summed E-state index contributed by atoms with van der Waals surface area (Å²) in [5.41, 5.74) is 2.85. The molecule has 0 saturated heterocycles. The zero-order valence-corrected chi connectivity index (χ0v) is 11.7. The molecule has 1 N–H and O–H groups in total. The first-order valence-corrected chi connectivity index (χ1v) is 7.25. The monoisotopic (exact) mass is 243 g/mol. The normalized spacial score (nSPS) is 16.4. The first-order chi connectivity index (χ1) is 8.75. The van der Waals surface area contributed by atoms with Gasteiger partial charge in [0.05, 0.1) is 0 Å². The molecule has 1 aromatic rings. The van der Waals surface area contributed by atoms with E-state index in [1.165, 1.54) is 30.4 Å². The molecule has 2 rings (SSSR count). The Morgan fingerprint density at radius 1 is 1.22 bits per heavy atom. The maximum atomic E-state index is 3.42. The van der Waals surface area contributed by atoms with Crippen LogP contribution in [0.2, 0.25) is 0 Å². The summed E-state index contributed by atoms with van der Waals surface area (Å²) in [6.07, 6.45) is 9.77. The Kier molecular flexibility index (Phi) is 5.00. The van der Waals surface area contributed by atoms with Gasteiger partial charge in [-0.05, 0) is 42.9 Å². The van der Waals surface area contributed by atoms with E-state index in [9.17, 15) is 0 Å². The molecule has 0 bridgehead atoms. The summed E-state index contributed by atoms with van der Waals surface area (Å²) in [7, 11) is 0. The lowest BCUT2D eigenvalue weighted by Gasteiger charge is -2.25. The second kappa shape index (κ2) is 6.75. The largest absolute Gasteiger partial charge is 0.314 e. The molecule has 1 saturated carbocycles. The summed E-state index contributed by atoms with van der Waals surface area (Å²) in [6.45, 7) is 5.43. The molecule has 0 radical (unpaired) electrons. The van der Waals surface area contributed by atoms with Gasteiger partial charge in [-0.25, -0.2) is 0 Å². The van der Waals surface area contributed by atoms with Gasteiger partial charge in [0.15, 0.2) is 0 Å². The fraction of sp³-hybridized carbons (Fsp3) is 0.529.